The molecule has 0 amide bonds. The zero-order chi connectivity index (χ0) is 12.7. The predicted molar refractivity (Wildman–Crippen MR) is 65.5 cm³/mol. The van der Waals surface area contributed by atoms with Crippen LogP contribution in [0, 0.1) is 0 Å². The zero-order valence-electron chi connectivity index (χ0n) is 10.2. The third-order valence-electron chi connectivity index (χ3n) is 2.68. The van der Waals surface area contributed by atoms with Crippen molar-refractivity contribution in [3.05, 3.63) is 35.9 Å². The maximum atomic E-state index is 11.5. The van der Waals surface area contributed by atoms with Crippen molar-refractivity contribution in [3.63, 3.8) is 0 Å². The van der Waals surface area contributed by atoms with Crippen molar-refractivity contribution in [2.75, 3.05) is 13.7 Å². The van der Waals surface area contributed by atoms with Gasteiger partial charge in [-0.2, -0.15) is 0 Å². The van der Waals surface area contributed by atoms with E-state index in [0.717, 1.165) is 5.56 Å². The summed E-state index contributed by atoms with van der Waals surface area (Å²) < 4.78 is 4.70. The Morgan fingerprint density at radius 3 is 2.53 bits per heavy atom. The first kappa shape index (κ1) is 13.7. The second-order valence-corrected chi connectivity index (χ2v) is 3.80. The summed E-state index contributed by atoms with van der Waals surface area (Å²) in [7, 11) is 1.36. The summed E-state index contributed by atoms with van der Waals surface area (Å²) >= 11 is 0. The molecule has 1 aromatic carbocycles. The van der Waals surface area contributed by atoms with Crippen molar-refractivity contribution in [2.45, 2.75) is 25.4 Å². The maximum absolute atomic E-state index is 11.5. The van der Waals surface area contributed by atoms with Gasteiger partial charge in [0.15, 0.2) is 0 Å². The molecule has 0 bridgehead atoms. The molecule has 4 heteroatoms. The minimum Gasteiger partial charge on any atom is -0.468 e. The Morgan fingerprint density at radius 2 is 2.06 bits per heavy atom. The van der Waals surface area contributed by atoms with Crippen LogP contribution in [0.4, 0.5) is 0 Å². The summed E-state index contributed by atoms with van der Waals surface area (Å²) in [6, 6.07) is 8.90. The monoisotopic (exact) mass is 237 g/mol. The molecule has 2 N–H and O–H groups in total. The number of ether oxygens (including phenoxy) is 1. The Balaban J connectivity index is 2.72. The lowest BCUT2D eigenvalue weighted by molar-refractivity contribution is -0.143. The number of aliphatic hydroxyl groups excluding tert-OH is 1. The minimum absolute atomic E-state index is 0.0580. The minimum atomic E-state index is -0.391. The van der Waals surface area contributed by atoms with Gasteiger partial charge in [0.25, 0.3) is 0 Å². The molecule has 0 aliphatic heterocycles. The predicted octanol–water partition coefficient (Wildman–Crippen LogP) is 1.26. The van der Waals surface area contributed by atoms with Crippen LogP contribution in [0.2, 0.25) is 0 Å². The highest BCUT2D eigenvalue weighted by Gasteiger charge is 2.21. The lowest BCUT2D eigenvalue weighted by Gasteiger charge is -2.22. The van der Waals surface area contributed by atoms with Crippen LogP contribution < -0.4 is 5.32 Å². The first-order valence-electron chi connectivity index (χ1n) is 5.72. The van der Waals surface area contributed by atoms with Crippen LogP contribution in [-0.4, -0.2) is 30.8 Å². The number of esters is 1. The molecule has 0 spiro atoms. The van der Waals surface area contributed by atoms with Gasteiger partial charge in [-0.05, 0) is 12.0 Å². The average Bonchev–Trinajstić information content (AvgIpc) is 2.40. The standard InChI is InChI=1S/C13H19NO3/c1-3-11(13(16)17-2)14-12(9-15)10-7-5-4-6-8-10/h4-8,11-12,14-15H,3,9H2,1-2H3/t11?,12-/m0/s1. The molecular formula is C13H19NO3. The average molecular weight is 237 g/mol. The highest BCUT2D eigenvalue weighted by Crippen LogP contribution is 2.13. The molecule has 0 aliphatic rings. The fourth-order valence-corrected chi connectivity index (χ4v) is 1.68. The molecule has 17 heavy (non-hydrogen) atoms. The third-order valence-corrected chi connectivity index (χ3v) is 2.68. The van der Waals surface area contributed by atoms with Gasteiger partial charge in [0.05, 0.1) is 19.8 Å². The second-order valence-electron chi connectivity index (χ2n) is 3.80. The first-order chi connectivity index (χ1) is 8.22. The summed E-state index contributed by atoms with van der Waals surface area (Å²) in [5.74, 6) is -0.304. The highest BCUT2D eigenvalue weighted by atomic mass is 16.5. The van der Waals surface area contributed by atoms with Crippen molar-refractivity contribution < 1.29 is 14.6 Å². The fraction of sp³-hybridized carbons (Fsp3) is 0.462. The Bertz CT molecular complexity index is 340. The molecule has 4 nitrogen and oxygen atoms in total. The summed E-state index contributed by atoms with van der Waals surface area (Å²) in [5, 5.41) is 12.5. The lowest BCUT2D eigenvalue weighted by atomic mass is 10.1. The summed E-state index contributed by atoms with van der Waals surface area (Å²) in [6.07, 6.45) is 0.621. The molecule has 0 heterocycles. The third kappa shape index (κ3) is 3.84. The largest absolute Gasteiger partial charge is 0.468 e. The van der Waals surface area contributed by atoms with E-state index >= 15 is 0 Å². The molecule has 1 rings (SSSR count). The number of carbonyl (C=O) groups excluding carboxylic acids is 1. The van der Waals surface area contributed by atoms with Crippen LogP contribution in [0.1, 0.15) is 24.9 Å². The normalized spacial score (nSPS) is 14.1. The van der Waals surface area contributed by atoms with Crippen molar-refractivity contribution in [1.29, 1.82) is 0 Å². The number of carbonyl (C=O) groups is 1. The van der Waals surface area contributed by atoms with Gasteiger partial charge in [0.1, 0.15) is 6.04 Å². The molecule has 0 saturated carbocycles. The second kappa shape index (κ2) is 7.04. The van der Waals surface area contributed by atoms with Crippen LogP contribution in [0.3, 0.4) is 0 Å². The molecule has 1 unspecified atom stereocenters. The molecular weight excluding hydrogens is 218 g/mol. The molecule has 0 aromatic heterocycles. The number of benzene rings is 1. The van der Waals surface area contributed by atoms with Gasteiger partial charge in [-0.1, -0.05) is 37.3 Å². The summed E-state index contributed by atoms with van der Waals surface area (Å²) in [4.78, 5) is 11.5. The fourth-order valence-electron chi connectivity index (χ4n) is 1.68. The zero-order valence-corrected chi connectivity index (χ0v) is 10.2. The number of methoxy groups -OCH3 is 1. The number of nitrogens with one attached hydrogen (secondary N) is 1. The molecule has 0 radical (unpaired) electrons. The van der Waals surface area contributed by atoms with Crippen LogP contribution >= 0.6 is 0 Å². The SMILES string of the molecule is CCC(N[C@@H](CO)c1ccccc1)C(=O)OC. The van der Waals surface area contributed by atoms with Crippen molar-refractivity contribution in [2.24, 2.45) is 0 Å². The highest BCUT2D eigenvalue weighted by molar-refractivity contribution is 5.75. The molecule has 0 aliphatic carbocycles. The quantitative estimate of drug-likeness (QED) is 0.731. The van der Waals surface area contributed by atoms with Crippen LogP contribution in [0.5, 0.6) is 0 Å². The molecule has 0 fully saturated rings. The number of aliphatic hydroxyl groups is 1. The van der Waals surface area contributed by atoms with Gasteiger partial charge in [-0.25, -0.2) is 0 Å². The van der Waals surface area contributed by atoms with Gasteiger partial charge in [-0.3, -0.25) is 10.1 Å². The van der Waals surface area contributed by atoms with E-state index in [1.165, 1.54) is 7.11 Å². The Hall–Kier alpha value is -1.39. The van der Waals surface area contributed by atoms with Gasteiger partial charge in [0.2, 0.25) is 0 Å². The van der Waals surface area contributed by atoms with E-state index in [2.05, 4.69) is 5.32 Å². The Morgan fingerprint density at radius 1 is 1.41 bits per heavy atom. The van der Waals surface area contributed by atoms with Crippen molar-refractivity contribution in [3.8, 4) is 0 Å². The van der Waals surface area contributed by atoms with E-state index in [1.54, 1.807) is 0 Å². The topological polar surface area (TPSA) is 58.6 Å². The van der Waals surface area contributed by atoms with E-state index in [9.17, 15) is 9.90 Å². The van der Waals surface area contributed by atoms with E-state index in [4.69, 9.17) is 4.74 Å². The van der Waals surface area contributed by atoms with E-state index in [0.29, 0.717) is 6.42 Å². The molecule has 1 aromatic rings. The van der Waals surface area contributed by atoms with Gasteiger partial charge in [0, 0.05) is 0 Å². The van der Waals surface area contributed by atoms with Crippen molar-refractivity contribution >= 4 is 5.97 Å². The lowest BCUT2D eigenvalue weighted by Crippen LogP contribution is -2.40. The molecule has 2 atom stereocenters. The summed E-state index contributed by atoms with van der Waals surface area (Å²) in [6.45, 7) is 1.84. The maximum Gasteiger partial charge on any atom is 0.322 e. The smallest absolute Gasteiger partial charge is 0.322 e. The van der Waals surface area contributed by atoms with E-state index in [-0.39, 0.29) is 18.6 Å². The van der Waals surface area contributed by atoms with Crippen molar-refractivity contribution in [1.82, 2.24) is 5.32 Å². The Kier molecular flexibility index (Phi) is 5.66. The summed E-state index contributed by atoms with van der Waals surface area (Å²) in [5.41, 5.74) is 0.956. The molecule has 94 valence electrons. The van der Waals surface area contributed by atoms with Gasteiger partial charge >= 0.3 is 5.97 Å². The molecule has 0 saturated heterocycles. The number of hydrogen-bond donors (Lipinski definition) is 2. The van der Waals surface area contributed by atoms with Gasteiger partial charge < -0.3 is 9.84 Å². The van der Waals surface area contributed by atoms with Gasteiger partial charge in [-0.15, -0.1) is 0 Å². The van der Waals surface area contributed by atoms with E-state index in [1.807, 2.05) is 37.3 Å². The van der Waals surface area contributed by atoms with Crippen LogP contribution in [0.15, 0.2) is 30.3 Å². The van der Waals surface area contributed by atoms with E-state index < -0.39 is 6.04 Å². The number of rotatable bonds is 6. The first-order valence-corrected chi connectivity index (χ1v) is 5.72. The van der Waals surface area contributed by atoms with Crippen LogP contribution in [-0.2, 0) is 9.53 Å². The Labute approximate surface area is 102 Å². The van der Waals surface area contributed by atoms with Crippen LogP contribution in [0.25, 0.3) is 0 Å². The number of hydrogen-bond acceptors (Lipinski definition) is 4.